The molecule has 1 aromatic carbocycles. The molecule has 3 N–H and O–H groups in total. The van der Waals surface area contributed by atoms with Crippen LogP contribution in [0.4, 0.5) is 16.2 Å². The molecule has 0 aliphatic carbocycles. The fraction of sp³-hybridized carbons (Fsp3) is 0.500. The molecule has 0 bridgehead atoms. The molecular formula is C14H21N3O4. The van der Waals surface area contributed by atoms with Crippen molar-refractivity contribution in [1.82, 2.24) is 5.32 Å². The summed E-state index contributed by atoms with van der Waals surface area (Å²) in [5.41, 5.74) is 1.05. The molecule has 0 spiro atoms. The molecule has 1 atom stereocenters. The summed E-state index contributed by atoms with van der Waals surface area (Å²) in [5, 5.41) is 25.5. The highest BCUT2D eigenvalue weighted by atomic mass is 16.6. The van der Waals surface area contributed by atoms with Gasteiger partial charge in [0, 0.05) is 18.7 Å². The smallest absolute Gasteiger partial charge is 0.319 e. The number of non-ortho nitro benzene ring substituents is 1. The Balaban J connectivity index is 2.55. The number of nitrogens with one attached hydrogen (secondary N) is 2. The number of nitro groups is 1. The summed E-state index contributed by atoms with van der Waals surface area (Å²) < 4.78 is 0. The molecule has 2 amide bonds. The van der Waals surface area contributed by atoms with Crippen molar-refractivity contribution in [2.75, 3.05) is 11.9 Å². The lowest BCUT2D eigenvalue weighted by atomic mass is 10.0. The maximum Gasteiger partial charge on any atom is 0.319 e. The third kappa shape index (κ3) is 5.39. The number of aliphatic hydroxyl groups excluding tert-OH is 1. The van der Waals surface area contributed by atoms with Gasteiger partial charge in [-0.15, -0.1) is 0 Å². The van der Waals surface area contributed by atoms with E-state index in [1.807, 2.05) is 13.8 Å². The Morgan fingerprint density at radius 3 is 2.67 bits per heavy atom. The van der Waals surface area contributed by atoms with Gasteiger partial charge in [0.2, 0.25) is 0 Å². The second-order valence-corrected chi connectivity index (χ2v) is 5.24. The fourth-order valence-corrected chi connectivity index (χ4v) is 1.69. The predicted octanol–water partition coefficient (Wildman–Crippen LogP) is 2.43. The van der Waals surface area contributed by atoms with Crippen molar-refractivity contribution in [3.8, 4) is 0 Å². The third-order valence-corrected chi connectivity index (χ3v) is 3.18. The van der Waals surface area contributed by atoms with Crippen molar-refractivity contribution < 1.29 is 14.8 Å². The van der Waals surface area contributed by atoms with E-state index in [2.05, 4.69) is 10.6 Å². The van der Waals surface area contributed by atoms with Crippen LogP contribution in [0.3, 0.4) is 0 Å². The van der Waals surface area contributed by atoms with E-state index in [4.69, 9.17) is 0 Å². The summed E-state index contributed by atoms with van der Waals surface area (Å²) in [6, 6.07) is 3.83. The van der Waals surface area contributed by atoms with Gasteiger partial charge in [-0.3, -0.25) is 10.1 Å². The first-order valence-electron chi connectivity index (χ1n) is 6.79. The molecule has 0 saturated heterocycles. The average Bonchev–Trinajstić information content (AvgIpc) is 2.40. The maximum atomic E-state index is 11.7. The van der Waals surface area contributed by atoms with Crippen LogP contribution >= 0.6 is 0 Å². The summed E-state index contributed by atoms with van der Waals surface area (Å²) in [4.78, 5) is 21.9. The van der Waals surface area contributed by atoms with Crippen LogP contribution in [0.25, 0.3) is 0 Å². The van der Waals surface area contributed by atoms with E-state index < -0.39 is 17.1 Å². The molecule has 0 aliphatic heterocycles. The van der Waals surface area contributed by atoms with Crippen LogP contribution in [0.1, 0.15) is 25.8 Å². The molecule has 7 nitrogen and oxygen atoms in total. The predicted molar refractivity (Wildman–Crippen MR) is 80.3 cm³/mol. The molecular weight excluding hydrogens is 274 g/mol. The first-order valence-corrected chi connectivity index (χ1v) is 6.79. The SMILES string of the molecule is Cc1ccc([N+](=O)[O-])cc1NC(=O)NCCC(O)C(C)C. The van der Waals surface area contributed by atoms with Gasteiger partial charge in [-0.2, -0.15) is 0 Å². The number of hydrogen-bond donors (Lipinski definition) is 3. The molecule has 1 rings (SSSR count). The third-order valence-electron chi connectivity index (χ3n) is 3.18. The fourth-order valence-electron chi connectivity index (χ4n) is 1.69. The van der Waals surface area contributed by atoms with Gasteiger partial charge in [-0.1, -0.05) is 19.9 Å². The van der Waals surface area contributed by atoms with Crippen LogP contribution in [0.2, 0.25) is 0 Å². The normalized spacial score (nSPS) is 12.0. The Kier molecular flexibility index (Phi) is 6.10. The number of nitro benzene ring substituents is 1. The number of urea groups is 1. The average molecular weight is 295 g/mol. The highest BCUT2D eigenvalue weighted by molar-refractivity contribution is 5.90. The number of anilines is 1. The monoisotopic (exact) mass is 295 g/mol. The Hall–Kier alpha value is -2.15. The van der Waals surface area contributed by atoms with E-state index >= 15 is 0 Å². The Morgan fingerprint density at radius 1 is 1.43 bits per heavy atom. The topological polar surface area (TPSA) is 105 Å². The van der Waals surface area contributed by atoms with Crippen LogP contribution in [-0.4, -0.2) is 28.7 Å². The summed E-state index contributed by atoms with van der Waals surface area (Å²) in [5.74, 6) is 0.133. The van der Waals surface area contributed by atoms with Gasteiger partial charge in [0.25, 0.3) is 5.69 Å². The zero-order valence-corrected chi connectivity index (χ0v) is 12.4. The van der Waals surface area contributed by atoms with Crippen molar-refractivity contribution in [2.45, 2.75) is 33.3 Å². The minimum absolute atomic E-state index is 0.0777. The number of amides is 2. The van der Waals surface area contributed by atoms with E-state index in [1.54, 1.807) is 13.0 Å². The number of benzene rings is 1. The highest BCUT2D eigenvalue weighted by Crippen LogP contribution is 2.21. The zero-order chi connectivity index (χ0) is 16.0. The van der Waals surface area contributed by atoms with Crippen LogP contribution < -0.4 is 10.6 Å². The van der Waals surface area contributed by atoms with Gasteiger partial charge in [0.1, 0.15) is 0 Å². The Bertz CT molecular complexity index is 517. The van der Waals surface area contributed by atoms with Crippen LogP contribution in [0.5, 0.6) is 0 Å². The molecule has 0 aromatic heterocycles. The number of carbonyl (C=O) groups is 1. The largest absolute Gasteiger partial charge is 0.393 e. The molecule has 21 heavy (non-hydrogen) atoms. The van der Waals surface area contributed by atoms with Gasteiger partial charge in [-0.05, 0) is 24.8 Å². The summed E-state index contributed by atoms with van der Waals surface area (Å²) in [6.07, 6.45) is -0.0104. The van der Waals surface area contributed by atoms with E-state index in [0.29, 0.717) is 18.7 Å². The van der Waals surface area contributed by atoms with E-state index in [0.717, 1.165) is 5.56 Å². The summed E-state index contributed by atoms with van der Waals surface area (Å²) in [7, 11) is 0. The van der Waals surface area contributed by atoms with Gasteiger partial charge < -0.3 is 15.7 Å². The molecule has 0 saturated carbocycles. The molecule has 7 heteroatoms. The molecule has 0 aliphatic rings. The number of rotatable bonds is 6. The minimum Gasteiger partial charge on any atom is -0.393 e. The van der Waals surface area contributed by atoms with Gasteiger partial charge in [-0.25, -0.2) is 4.79 Å². The van der Waals surface area contributed by atoms with Crippen LogP contribution in [-0.2, 0) is 0 Å². The van der Waals surface area contributed by atoms with E-state index in [1.165, 1.54) is 12.1 Å². The number of carbonyl (C=O) groups excluding carboxylic acids is 1. The van der Waals surface area contributed by atoms with Crippen LogP contribution in [0.15, 0.2) is 18.2 Å². The maximum absolute atomic E-state index is 11.7. The molecule has 1 unspecified atom stereocenters. The Morgan fingerprint density at radius 2 is 2.10 bits per heavy atom. The van der Waals surface area contributed by atoms with Crippen molar-refractivity contribution >= 4 is 17.4 Å². The second kappa shape index (κ2) is 7.58. The molecule has 0 fully saturated rings. The number of aliphatic hydroxyl groups is 1. The lowest BCUT2D eigenvalue weighted by Gasteiger charge is -2.15. The minimum atomic E-state index is -0.512. The molecule has 1 aromatic rings. The van der Waals surface area contributed by atoms with Crippen molar-refractivity contribution in [1.29, 1.82) is 0 Å². The number of hydrogen-bond acceptors (Lipinski definition) is 4. The lowest BCUT2D eigenvalue weighted by Crippen LogP contribution is -2.32. The summed E-state index contributed by atoms with van der Waals surface area (Å²) in [6.45, 7) is 5.88. The van der Waals surface area contributed by atoms with Crippen molar-refractivity contribution in [3.05, 3.63) is 33.9 Å². The summed E-state index contributed by atoms with van der Waals surface area (Å²) >= 11 is 0. The van der Waals surface area contributed by atoms with Gasteiger partial charge in [0.05, 0.1) is 16.7 Å². The van der Waals surface area contributed by atoms with E-state index in [-0.39, 0.29) is 11.6 Å². The lowest BCUT2D eigenvalue weighted by molar-refractivity contribution is -0.384. The Labute approximate surface area is 123 Å². The van der Waals surface area contributed by atoms with Gasteiger partial charge >= 0.3 is 6.03 Å². The van der Waals surface area contributed by atoms with Gasteiger partial charge in [0.15, 0.2) is 0 Å². The number of nitrogens with zero attached hydrogens (tertiary/aromatic N) is 1. The quantitative estimate of drug-likeness (QED) is 0.553. The molecule has 0 heterocycles. The second-order valence-electron chi connectivity index (χ2n) is 5.24. The zero-order valence-electron chi connectivity index (χ0n) is 12.4. The number of aryl methyl sites for hydroxylation is 1. The standard InChI is InChI=1S/C14H21N3O4/c1-9(2)13(18)6-7-15-14(19)16-12-8-11(17(20)21)5-4-10(12)3/h4-5,8-9,13,18H,6-7H2,1-3H3,(H2,15,16,19). The van der Waals surface area contributed by atoms with Crippen molar-refractivity contribution in [2.24, 2.45) is 5.92 Å². The molecule has 116 valence electrons. The highest BCUT2D eigenvalue weighted by Gasteiger charge is 2.12. The van der Waals surface area contributed by atoms with E-state index in [9.17, 15) is 20.0 Å². The van der Waals surface area contributed by atoms with Crippen molar-refractivity contribution in [3.63, 3.8) is 0 Å². The molecule has 0 radical (unpaired) electrons. The first-order chi connectivity index (χ1) is 9.81. The first kappa shape index (κ1) is 16.9. The van der Waals surface area contributed by atoms with Crippen LogP contribution in [0, 0.1) is 23.0 Å².